The van der Waals surface area contributed by atoms with Gasteiger partial charge in [0, 0.05) is 11.4 Å². The number of furan rings is 1. The number of fused-ring (bicyclic) bond motifs is 1. The molecule has 0 spiro atoms. The molecular formula is C14H17NO2. The highest BCUT2D eigenvalue weighted by Gasteiger charge is 2.12. The highest BCUT2D eigenvalue weighted by molar-refractivity contribution is 5.78. The van der Waals surface area contributed by atoms with Crippen LogP contribution in [0.4, 0.5) is 0 Å². The standard InChI is InChI=1S/C14H17NO2/c1-2-7-15-12(3-1)10-17-13-4-5-14-11(9-13)6-8-16-14/h4-6,8-9,12,15H,1-3,7,10H2. The summed E-state index contributed by atoms with van der Waals surface area (Å²) in [7, 11) is 0. The van der Waals surface area contributed by atoms with Crippen LogP contribution in [0.25, 0.3) is 11.0 Å². The molecule has 2 aromatic rings. The SMILES string of the molecule is c1cc2cc(OCC3CCCCN3)ccc2o1. The predicted molar refractivity (Wildman–Crippen MR) is 67.4 cm³/mol. The second-order valence-corrected chi connectivity index (χ2v) is 4.58. The lowest BCUT2D eigenvalue weighted by molar-refractivity contribution is 0.239. The third-order valence-electron chi connectivity index (χ3n) is 3.29. The lowest BCUT2D eigenvalue weighted by Crippen LogP contribution is -2.38. The van der Waals surface area contributed by atoms with E-state index in [9.17, 15) is 0 Å². The summed E-state index contributed by atoms with van der Waals surface area (Å²) >= 11 is 0. The molecular weight excluding hydrogens is 214 g/mol. The highest BCUT2D eigenvalue weighted by atomic mass is 16.5. The van der Waals surface area contributed by atoms with E-state index in [1.165, 1.54) is 19.3 Å². The Kier molecular flexibility index (Phi) is 3.01. The van der Waals surface area contributed by atoms with Crippen LogP contribution >= 0.6 is 0 Å². The van der Waals surface area contributed by atoms with Crippen LogP contribution in [-0.4, -0.2) is 19.2 Å². The van der Waals surface area contributed by atoms with Gasteiger partial charge in [-0.25, -0.2) is 0 Å². The molecule has 1 N–H and O–H groups in total. The first-order valence-corrected chi connectivity index (χ1v) is 6.25. The third kappa shape index (κ3) is 2.44. The molecule has 1 atom stereocenters. The van der Waals surface area contributed by atoms with E-state index in [-0.39, 0.29) is 0 Å². The first-order chi connectivity index (χ1) is 8.42. The van der Waals surface area contributed by atoms with Gasteiger partial charge in [0.1, 0.15) is 17.9 Å². The molecule has 0 saturated carbocycles. The summed E-state index contributed by atoms with van der Waals surface area (Å²) in [5.41, 5.74) is 0.910. The van der Waals surface area contributed by atoms with Gasteiger partial charge in [-0.05, 0) is 43.7 Å². The Bertz CT molecular complexity index is 486. The first-order valence-electron chi connectivity index (χ1n) is 6.25. The fraction of sp³-hybridized carbons (Fsp3) is 0.429. The number of hydrogen-bond acceptors (Lipinski definition) is 3. The molecule has 0 bridgehead atoms. The van der Waals surface area contributed by atoms with Gasteiger partial charge < -0.3 is 14.5 Å². The third-order valence-corrected chi connectivity index (χ3v) is 3.29. The highest BCUT2D eigenvalue weighted by Crippen LogP contribution is 2.22. The molecule has 90 valence electrons. The van der Waals surface area contributed by atoms with Gasteiger partial charge in [-0.2, -0.15) is 0 Å². The zero-order valence-electron chi connectivity index (χ0n) is 9.82. The Morgan fingerprint density at radius 3 is 3.18 bits per heavy atom. The van der Waals surface area contributed by atoms with E-state index < -0.39 is 0 Å². The Balaban J connectivity index is 1.63. The molecule has 17 heavy (non-hydrogen) atoms. The van der Waals surface area contributed by atoms with Gasteiger partial charge >= 0.3 is 0 Å². The number of piperidine rings is 1. The van der Waals surface area contributed by atoms with E-state index in [1.807, 2.05) is 24.3 Å². The minimum atomic E-state index is 0.504. The van der Waals surface area contributed by atoms with Crippen LogP contribution in [0.2, 0.25) is 0 Å². The summed E-state index contributed by atoms with van der Waals surface area (Å²) in [6.07, 6.45) is 5.52. The second-order valence-electron chi connectivity index (χ2n) is 4.58. The van der Waals surface area contributed by atoms with Crippen LogP contribution in [0.3, 0.4) is 0 Å². The molecule has 1 aromatic heterocycles. The van der Waals surface area contributed by atoms with Crippen molar-refractivity contribution in [3.8, 4) is 5.75 Å². The molecule has 0 amide bonds. The molecule has 0 aliphatic carbocycles. The lowest BCUT2D eigenvalue weighted by Gasteiger charge is -2.23. The van der Waals surface area contributed by atoms with E-state index in [1.54, 1.807) is 6.26 Å². The summed E-state index contributed by atoms with van der Waals surface area (Å²) in [5, 5.41) is 4.57. The molecule has 3 heteroatoms. The van der Waals surface area contributed by atoms with Crippen LogP contribution in [0.5, 0.6) is 5.75 Å². The fourth-order valence-corrected chi connectivity index (χ4v) is 2.30. The number of rotatable bonds is 3. The molecule has 3 nitrogen and oxygen atoms in total. The summed E-state index contributed by atoms with van der Waals surface area (Å²) in [4.78, 5) is 0. The quantitative estimate of drug-likeness (QED) is 0.882. The van der Waals surface area contributed by atoms with Crippen molar-refractivity contribution in [1.29, 1.82) is 0 Å². The van der Waals surface area contributed by atoms with Crippen molar-refractivity contribution in [2.45, 2.75) is 25.3 Å². The summed E-state index contributed by atoms with van der Waals surface area (Å²) in [6, 6.07) is 8.42. The minimum Gasteiger partial charge on any atom is -0.492 e. The molecule has 1 aliphatic rings. The Morgan fingerprint density at radius 2 is 2.29 bits per heavy atom. The molecule has 0 radical (unpaired) electrons. The van der Waals surface area contributed by atoms with Crippen molar-refractivity contribution < 1.29 is 9.15 Å². The van der Waals surface area contributed by atoms with Crippen LogP contribution in [0, 0.1) is 0 Å². The van der Waals surface area contributed by atoms with Gasteiger partial charge in [0.25, 0.3) is 0 Å². The number of benzene rings is 1. The number of ether oxygens (including phenoxy) is 1. The largest absolute Gasteiger partial charge is 0.492 e. The van der Waals surface area contributed by atoms with Crippen LogP contribution in [0.1, 0.15) is 19.3 Å². The molecule has 1 saturated heterocycles. The molecule has 1 aromatic carbocycles. The zero-order chi connectivity index (χ0) is 11.5. The van der Waals surface area contributed by atoms with E-state index >= 15 is 0 Å². The maximum absolute atomic E-state index is 5.82. The van der Waals surface area contributed by atoms with Gasteiger partial charge in [-0.15, -0.1) is 0 Å². The number of hydrogen-bond donors (Lipinski definition) is 1. The fourth-order valence-electron chi connectivity index (χ4n) is 2.30. The normalized spacial score (nSPS) is 20.6. The van der Waals surface area contributed by atoms with Crippen molar-refractivity contribution in [1.82, 2.24) is 5.32 Å². The van der Waals surface area contributed by atoms with Crippen molar-refractivity contribution in [2.24, 2.45) is 0 Å². The van der Waals surface area contributed by atoms with Crippen molar-refractivity contribution in [3.05, 3.63) is 30.5 Å². The van der Waals surface area contributed by atoms with Gasteiger partial charge in [-0.3, -0.25) is 0 Å². The topological polar surface area (TPSA) is 34.4 Å². The van der Waals surface area contributed by atoms with Crippen molar-refractivity contribution in [2.75, 3.05) is 13.2 Å². The molecule has 1 fully saturated rings. The average Bonchev–Trinajstić information content (AvgIpc) is 2.85. The van der Waals surface area contributed by atoms with Gasteiger partial charge in [0.2, 0.25) is 0 Å². The predicted octanol–water partition coefficient (Wildman–Crippen LogP) is 2.95. The van der Waals surface area contributed by atoms with Crippen LogP contribution in [0.15, 0.2) is 34.9 Å². The van der Waals surface area contributed by atoms with E-state index in [2.05, 4.69) is 5.32 Å². The summed E-state index contributed by atoms with van der Waals surface area (Å²) in [6.45, 7) is 1.87. The zero-order valence-corrected chi connectivity index (χ0v) is 9.82. The van der Waals surface area contributed by atoms with Crippen LogP contribution < -0.4 is 10.1 Å². The smallest absolute Gasteiger partial charge is 0.134 e. The van der Waals surface area contributed by atoms with E-state index in [4.69, 9.17) is 9.15 Å². The molecule has 1 unspecified atom stereocenters. The monoisotopic (exact) mass is 231 g/mol. The lowest BCUT2D eigenvalue weighted by atomic mass is 10.1. The average molecular weight is 231 g/mol. The van der Waals surface area contributed by atoms with Gasteiger partial charge in [0.15, 0.2) is 0 Å². The van der Waals surface area contributed by atoms with Gasteiger partial charge in [0.05, 0.1) is 6.26 Å². The van der Waals surface area contributed by atoms with Crippen molar-refractivity contribution in [3.63, 3.8) is 0 Å². The summed E-state index contributed by atoms with van der Waals surface area (Å²) < 4.78 is 11.1. The van der Waals surface area contributed by atoms with Crippen LogP contribution in [-0.2, 0) is 0 Å². The Hall–Kier alpha value is -1.48. The maximum Gasteiger partial charge on any atom is 0.134 e. The second kappa shape index (κ2) is 4.80. The van der Waals surface area contributed by atoms with E-state index in [0.29, 0.717) is 6.04 Å². The van der Waals surface area contributed by atoms with Gasteiger partial charge in [-0.1, -0.05) is 6.42 Å². The molecule has 1 aliphatic heterocycles. The molecule has 3 rings (SSSR count). The minimum absolute atomic E-state index is 0.504. The first kappa shape index (κ1) is 10.7. The van der Waals surface area contributed by atoms with E-state index in [0.717, 1.165) is 29.9 Å². The Morgan fingerprint density at radius 1 is 1.29 bits per heavy atom. The summed E-state index contributed by atoms with van der Waals surface area (Å²) in [5.74, 6) is 0.922. The maximum atomic E-state index is 5.82. The molecule has 2 heterocycles. The Labute approximate surface area is 101 Å². The number of nitrogens with one attached hydrogen (secondary N) is 1. The van der Waals surface area contributed by atoms with Crippen molar-refractivity contribution >= 4 is 11.0 Å².